The van der Waals surface area contributed by atoms with Crippen LogP contribution in [0.1, 0.15) is 0 Å². The topological polar surface area (TPSA) is 78.0 Å². The van der Waals surface area contributed by atoms with Crippen LogP contribution < -0.4 is 5.73 Å². The lowest BCUT2D eigenvalue weighted by Crippen LogP contribution is -2.13. The lowest BCUT2D eigenvalue weighted by atomic mass is 10.1. The maximum Gasteiger partial charge on any atom is 0.283 e. The SMILES string of the molecule is Nc1nn(S(=O)(=O)c2ccccc2)cc1-c1ccc(F)cc1. The second kappa shape index (κ2) is 5.27. The number of hydrogen-bond donors (Lipinski definition) is 1. The fraction of sp³-hybridized carbons (Fsp3) is 0. The Balaban J connectivity index is 2.08. The van der Waals surface area contributed by atoms with E-state index in [-0.39, 0.29) is 16.5 Å². The van der Waals surface area contributed by atoms with Crippen LogP contribution in [0.4, 0.5) is 10.2 Å². The molecule has 0 radical (unpaired) electrons. The van der Waals surface area contributed by atoms with Crippen LogP contribution in [0, 0.1) is 5.82 Å². The summed E-state index contributed by atoms with van der Waals surface area (Å²) in [7, 11) is -3.81. The van der Waals surface area contributed by atoms with Crippen molar-refractivity contribution in [1.82, 2.24) is 9.19 Å². The van der Waals surface area contributed by atoms with E-state index in [1.165, 1.54) is 42.6 Å². The van der Waals surface area contributed by atoms with Gasteiger partial charge in [0.1, 0.15) is 5.82 Å². The fourth-order valence-corrected chi connectivity index (χ4v) is 3.20. The summed E-state index contributed by atoms with van der Waals surface area (Å²) < 4.78 is 38.7. The molecular formula is C15H12FN3O2S. The number of nitrogen functional groups attached to an aromatic ring is 1. The van der Waals surface area contributed by atoms with Crippen LogP contribution in [0.3, 0.4) is 0 Å². The monoisotopic (exact) mass is 317 g/mol. The molecule has 0 aliphatic heterocycles. The molecule has 3 aromatic rings. The molecule has 2 aromatic carbocycles. The second-order valence-corrected chi connectivity index (χ2v) is 6.42. The number of halogens is 1. The predicted octanol–water partition coefficient (Wildman–Crippen LogP) is 2.51. The normalized spacial score (nSPS) is 11.5. The first-order valence-corrected chi connectivity index (χ1v) is 7.84. The minimum atomic E-state index is -3.81. The van der Waals surface area contributed by atoms with Crippen molar-refractivity contribution in [3.05, 3.63) is 66.6 Å². The minimum Gasteiger partial charge on any atom is -0.382 e. The van der Waals surface area contributed by atoms with Crippen LogP contribution in [0.15, 0.2) is 65.7 Å². The van der Waals surface area contributed by atoms with Crippen molar-refractivity contribution in [1.29, 1.82) is 0 Å². The van der Waals surface area contributed by atoms with E-state index < -0.39 is 10.0 Å². The molecule has 0 aliphatic carbocycles. The van der Waals surface area contributed by atoms with Gasteiger partial charge in [-0.2, -0.15) is 12.5 Å². The number of rotatable bonds is 3. The van der Waals surface area contributed by atoms with E-state index in [9.17, 15) is 12.8 Å². The number of anilines is 1. The van der Waals surface area contributed by atoms with Gasteiger partial charge >= 0.3 is 0 Å². The van der Waals surface area contributed by atoms with Gasteiger partial charge in [0.05, 0.1) is 11.1 Å². The number of aromatic nitrogens is 2. The number of nitrogens with two attached hydrogens (primary N) is 1. The Hall–Kier alpha value is -2.67. The van der Waals surface area contributed by atoms with Gasteiger partial charge < -0.3 is 5.73 Å². The molecule has 1 aromatic heterocycles. The van der Waals surface area contributed by atoms with Crippen LogP contribution in [0.2, 0.25) is 0 Å². The Bertz CT molecular complexity index is 904. The summed E-state index contributed by atoms with van der Waals surface area (Å²) in [5.41, 5.74) is 6.82. The predicted molar refractivity (Wildman–Crippen MR) is 81.1 cm³/mol. The number of benzene rings is 2. The van der Waals surface area contributed by atoms with Gasteiger partial charge in [0, 0.05) is 5.56 Å². The smallest absolute Gasteiger partial charge is 0.283 e. The molecule has 0 saturated heterocycles. The van der Waals surface area contributed by atoms with Crippen LogP contribution >= 0.6 is 0 Å². The lowest BCUT2D eigenvalue weighted by Gasteiger charge is -2.03. The minimum absolute atomic E-state index is 0.0612. The van der Waals surface area contributed by atoms with Crippen LogP contribution in [-0.2, 0) is 10.0 Å². The van der Waals surface area contributed by atoms with Crippen molar-refractivity contribution in [3.8, 4) is 11.1 Å². The van der Waals surface area contributed by atoms with E-state index in [1.807, 2.05) is 0 Å². The van der Waals surface area contributed by atoms with E-state index >= 15 is 0 Å². The van der Waals surface area contributed by atoms with Crippen molar-refractivity contribution in [3.63, 3.8) is 0 Å². The first kappa shape index (κ1) is 14.3. The number of hydrogen-bond acceptors (Lipinski definition) is 4. The zero-order valence-electron chi connectivity index (χ0n) is 11.3. The average Bonchev–Trinajstić information content (AvgIpc) is 2.92. The van der Waals surface area contributed by atoms with Gasteiger partial charge in [-0.25, -0.2) is 4.39 Å². The highest BCUT2D eigenvalue weighted by atomic mass is 32.2. The molecular weight excluding hydrogens is 305 g/mol. The van der Waals surface area contributed by atoms with Crippen molar-refractivity contribution in [2.75, 3.05) is 5.73 Å². The quantitative estimate of drug-likeness (QED) is 0.805. The van der Waals surface area contributed by atoms with Crippen molar-refractivity contribution in [2.24, 2.45) is 0 Å². The van der Waals surface area contributed by atoms with Crippen LogP contribution in [-0.4, -0.2) is 17.6 Å². The summed E-state index contributed by atoms with van der Waals surface area (Å²) in [5.74, 6) is -0.322. The molecule has 0 spiro atoms. The molecule has 0 aliphatic rings. The second-order valence-electron chi connectivity index (χ2n) is 4.63. The van der Waals surface area contributed by atoms with Gasteiger partial charge in [0.15, 0.2) is 5.82 Å². The summed E-state index contributed by atoms with van der Waals surface area (Å²) in [5, 5.41) is 3.87. The highest BCUT2D eigenvalue weighted by Crippen LogP contribution is 2.26. The van der Waals surface area contributed by atoms with Gasteiger partial charge in [0.2, 0.25) is 0 Å². The molecule has 112 valence electrons. The zero-order chi connectivity index (χ0) is 15.7. The molecule has 0 saturated carbocycles. The molecule has 0 atom stereocenters. The molecule has 0 amide bonds. The molecule has 3 rings (SSSR count). The van der Waals surface area contributed by atoms with E-state index in [1.54, 1.807) is 18.2 Å². The Labute approximate surface area is 126 Å². The summed E-state index contributed by atoms with van der Waals surface area (Å²) in [6, 6.07) is 13.5. The standard InChI is InChI=1S/C15H12FN3O2S/c16-12-8-6-11(7-9-12)14-10-19(18-15(14)17)22(20,21)13-4-2-1-3-5-13/h1-10H,(H2,17,18). The van der Waals surface area contributed by atoms with Gasteiger partial charge in [-0.3, -0.25) is 0 Å². The molecule has 2 N–H and O–H groups in total. The summed E-state index contributed by atoms with van der Waals surface area (Å²) >= 11 is 0. The molecule has 0 bridgehead atoms. The Kier molecular flexibility index (Phi) is 3.42. The highest BCUT2D eigenvalue weighted by molar-refractivity contribution is 7.89. The van der Waals surface area contributed by atoms with Crippen molar-refractivity contribution >= 4 is 15.8 Å². The first-order valence-electron chi connectivity index (χ1n) is 6.40. The van der Waals surface area contributed by atoms with Crippen molar-refractivity contribution in [2.45, 2.75) is 4.90 Å². The largest absolute Gasteiger partial charge is 0.382 e. The molecule has 0 fully saturated rings. The molecule has 1 heterocycles. The maximum atomic E-state index is 13.0. The number of nitrogens with zero attached hydrogens (tertiary/aromatic N) is 2. The average molecular weight is 317 g/mol. The Morgan fingerprint density at radius 1 is 1.00 bits per heavy atom. The van der Waals surface area contributed by atoms with E-state index in [0.29, 0.717) is 11.1 Å². The molecule has 7 heteroatoms. The van der Waals surface area contributed by atoms with Crippen LogP contribution in [0.25, 0.3) is 11.1 Å². The van der Waals surface area contributed by atoms with Crippen LogP contribution in [0.5, 0.6) is 0 Å². The zero-order valence-corrected chi connectivity index (χ0v) is 12.2. The Morgan fingerprint density at radius 3 is 2.27 bits per heavy atom. The van der Waals surface area contributed by atoms with Gasteiger partial charge in [0.25, 0.3) is 10.0 Å². The van der Waals surface area contributed by atoms with Gasteiger partial charge in [-0.1, -0.05) is 30.3 Å². The highest BCUT2D eigenvalue weighted by Gasteiger charge is 2.20. The van der Waals surface area contributed by atoms with E-state index in [0.717, 1.165) is 4.09 Å². The summed E-state index contributed by atoms with van der Waals surface area (Å²) in [4.78, 5) is 0.114. The third-order valence-electron chi connectivity index (χ3n) is 3.16. The van der Waals surface area contributed by atoms with E-state index in [2.05, 4.69) is 5.10 Å². The lowest BCUT2D eigenvalue weighted by molar-refractivity contribution is 0.580. The van der Waals surface area contributed by atoms with Gasteiger partial charge in [-0.05, 0) is 29.8 Å². The fourth-order valence-electron chi connectivity index (χ4n) is 2.04. The molecule has 5 nitrogen and oxygen atoms in total. The first-order chi connectivity index (χ1) is 10.5. The Morgan fingerprint density at radius 2 is 1.64 bits per heavy atom. The third kappa shape index (κ3) is 2.46. The van der Waals surface area contributed by atoms with Crippen molar-refractivity contribution < 1.29 is 12.8 Å². The summed E-state index contributed by atoms with van der Waals surface area (Å²) in [6.45, 7) is 0. The maximum absolute atomic E-state index is 13.0. The van der Waals surface area contributed by atoms with E-state index in [4.69, 9.17) is 5.73 Å². The molecule has 0 unspecified atom stereocenters. The third-order valence-corrected chi connectivity index (χ3v) is 4.71. The molecule has 22 heavy (non-hydrogen) atoms. The summed E-state index contributed by atoms with van der Waals surface area (Å²) in [6.07, 6.45) is 1.32. The van der Waals surface area contributed by atoms with Gasteiger partial charge in [-0.15, -0.1) is 5.10 Å².